The van der Waals surface area contributed by atoms with Crippen molar-refractivity contribution in [2.45, 2.75) is 51.9 Å². The zero-order valence-electron chi connectivity index (χ0n) is 8.71. The van der Waals surface area contributed by atoms with Crippen LogP contribution in [0.1, 0.15) is 41.5 Å². The number of rotatable bonds is 0. The second-order valence-corrected chi connectivity index (χ2v) is 8.75. The lowest BCUT2D eigenvalue weighted by Gasteiger charge is -2.35. The van der Waals surface area contributed by atoms with E-state index in [0.717, 1.165) is 0 Å². The van der Waals surface area contributed by atoms with Gasteiger partial charge >= 0.3 is 0 Å². The first-order chi connectivity index (χ1) is 4.50. The predicted octanol–water partition coefficient (Wildman–Crippen LogP) is 3.43. The summed E-state index contributed by atoms with van der Waals surface area (Å²) in [6, 6.07) is 0. The summed E-state index contributed by atoms with van der Waals surface area (Å²) in [4.78, 5) is 9.74. The molecule has 0 aromatic rings. The van der Waals surface area contributed by atoms with Gasteiger partial charge in [0.2, 0.25) is 7.37 Å². The van der Waals surface area contributed by atoms with Crippen LogP contribution in [0.3, 0.4) is 0 Å². The lowest BCUT2D eigenvalue weighted by atomic mass is 10.2. The Morgan fingerprint density at radius 2 is 1.08 bits per heavy atom. The summed E-state index contributed by atoms with van der Waals surface area (Å²) in [6.07, 6.45) is 0. The molecule has 0 aromatic heterocycles. The van der Waals surface area contributed by atoms with Gasteiger partial charge in [-0.3, -0.25) is 4.57 Å². The van der Waals surface area contributed by atoms with Gasteiger partial charge in [-0.2, -0.15) is 0 Å². The maximum atomic E-state index is 11.8. The number of hydrogen-bond acceptors (Lipinski definition) is 1. The molecule has 1 N–H and O–H groups in total. The van der Waals surface area contributed by atoms with Gasteiger partial charge in [0.05, 0.1) is 0 Å². The summed E-state index contributed by atoms with van der Waals surface area (Å²) in [6.45, 7) is 10.8. The van der Waals surface area contributed by atoms with Gasteiger partial charge in [0, 0.05) is 10.3 Å². The van der Waals surface area contributed by atoms with Gasteiger partial charge in [0.25, 0.3) is 0 Å². The molecular weight excluding hydrogens is 239 g/mol. The fraction of sp³-hybridized carbons (Fsp3) is 1.00. The molecule has 0 saturated carbocycles. The molecule has 0 unspecified atom stereocenters. The Balaban J connectivity index is 0. The van der Waals surface area contributed by atoms with Crippen molar-refractivity contribution in [1.29, 1.82) is 0 Å². The topological polar surface area (TPSA) is 37.3 Å². The molecule has 0 amide bonds. The summed E-state index contributed by atoms with van der Waals surface area (Å²) in [5.74, 6) is 0. The van der Waals surface area contributed by atoms with Crippen LogP contribution in [0.15, 0.2) is 0 Å². The first-order valence-electron chi connectivity index (χ1n) is 3.83. The molecule has 0 spiro atoms. The van der Waals surface area contributed by atoms with E-state index in [9.17, 15) is 9.46 Å². The van der Waals surface area contributed by atoms with Gasteiger partial charge in [-0.15, -0.1) is 17.0 Å². The minimum Gasteiger partial charge on any atom is -0.344 e. The van der Waals surface area contributed by atoms with Crippen molar-refractivity contribution >= 4 is 24.4 Å². The molecule has 0 aliphatic rings. The molecule has 0 rings (SSSR count). The van der Waals surface area contributed by atoms with Crippen LogP contribution in [0.25, 0.3) is 0 Å². The third-order valence-electron chi connectivity index (χ3n) is 1.82. The highest BCUT2D eigenvalue weighted by atomic mass is 79.9. The average molecular weight is 259 g/mol. The zero-order valence-corrected chi connectivity index (χ0v) is 11.3. The highest BCUT2D eigenvalue weighted by Crippen LogP contribution is 2.63. The molecule has 0 aromatic carbocycles. The van der Waals surface area contributed by atoms with Gasteiger partial charge in [-0.05, 0) is 0 Å². The van der Waals surface area contributed by atoms with Crippen molar-refractivity contribution in [3.63, 3.8) is 0 Å². The van der Waals surface area contributed by atoms with Crippen LogP contribution in [0.5, 0.6) is 0 Å². The Kier molecular flexibility index (Phi) is 4.81. The van der Waals surface area contributed by atoms with Crippen LogP contribution in [-0.4, -0.2) is 15.2 Å². The van der Waals surface area contributed by atoms with E-state index >= 15 is 0 Å². The molecule has 0 saturated heterocycles. The van der Waals surface area contributed by atoms with Crippen LogP contribution in [0, 0.1) is 0 Å². The summed E-state index contributed by atoms with van der Waals surface area (Å²) < 4.78 is 11.8. The molecule has 0 aliphatic heterocycles. The van der Waals surface area contributed by atoms with Crippen LogP contribution in [0.4, 0.5) is 0 Å². The summed E-state index contributed by atoms with van der Waals surface area (Å²) >= 11 is 0. The number of hydrogen-bond donors (Lipinski definition) is 1. The molecule has 0 bridgehead atoms. The average Bonchev–Trinajstić information content (AvgIpc) is 1.58. The molecule has 0 heterocycles. The highest BCUT2D eigenvalue weighted by molar-refractivity contribution is 8.93. The van der Waals surface area contributed by atoms with E-state index in [1.807, 2.05) is 0 Å². The van der Waals surface area contributed by atoms with Crippen molar-refractivity contribution in [3.05, 3.63) is 0 Å². The largest absolute Gasteiger partial charge is 0.344 e. The monoisotopic (exact) mass is 258 g/mol. The lowest BCUT2D eigenvalue weighted by Crippen LogP contribution is -2.28. The maximum Gasteiger partial charge on any atom is 0.210 e. The van der Waals surface area contributed by atoms with Gasteiger partial charge < -0.3 is 4.89 Å². The van der Waals surface area contributed by atoms with E-state index in [1.165, 1.54) is 0 Å². The van der Waals surface area contributed by atoms with Crippen molar-refractivity contribution < 1.29 is 9.46 Å². The quantitative estimate of drug-likeness (QED) is 0.676. The van der Waals surface area contributed by atoms with Crippen molar-refractivity contribution in [2.75, 3.05) is 0 Å². The first kappa shape index (κ1) is 15.2. The molecule has 4 heteroatoms. The van der Waals surface area contributed by atoms with E-state index in [0.29, 0.717) is 0 Å². The predicted molar refractivity (Wildman–Crippen MR) is 59.7 cm³/mol. The summed E-state index contributed by atoms with van der Waals surface area (Å²) in [5.41, 5.74) is 0. The van der Waals surface area contributed by atoms with Crippen LogP contribution < -0.4 is 0 Å². The van der Waals surface area contributed by atoms with E-state index in [1.54, 1.807) is 41.5 Å². The van der Waals surface area contributed by atoms with Gasteiger partial charge in [0.1, 0.15) is 0 Å². The minimum absolute atomic E-state index is 0. The molecule has 0 radical (unpaired) electrons. The minimum atomic E-state index is -3.06. The van der Waals surface area contributed by atoms with Crippen LogP contribution >= 0.6 is 24.4 Å². The lowest BCUT2D eigenvalue weighted by molar-refractivity contribution is 0.413. The molecule has 0 fully saturated rings. The Bertz CT molecular complexity index is 170. The SMILES string of the molecule is Br.CC(C)(C)P(=O)(O)C(C)(C)C. The van der Waals surface area contributed by atoms with Crippen LogP contribution in [-0.2, 0) is 4.57 Å². The van der Waals surface area contributed by atoms with Gasteiger partial charge in [-0.1, -0.05) is 41.5 Å². The Labute approximate surface area is 86.0 Å². The Morgan fingerprint density at radius 1 is 0.917 bits per heavy atom. The normalized spacial score (nSPS) is 13.9. The Hall–Kier alpha value is 0.670. The third-order valence-corrected chi connectivity index (χ3v) is 5.46. The number of halogens is 1. The second kappa shape index (κ2) is 3.81. The Morgan fingerprint density at radius 3 is 1.08 bits per heavy atom. The smallest absolute Gasteiger partial charge is 0.210 e. The molecule has 76 valence electrons. The zero-order chi connectivity index (χ0) is 9.50. The first-order valence-corrected chi connectivity index (χ1v) is 5.49. The van der Waals surface area contributed by atoms with Crippen LogP contribution in [0.2, 0.25) is 0 Å². The van der Waals surface area contributed by atoms with E-state index in [-0.39, 0.29) is 17.0 Å². The molecular formula is C8H20BrO2P. The van der Waals surface area contributed by atoms with E-state index < -0.39 is 17.7 Å². The second-order valence-electron chi connectivity index (χ2n) is 4.92. The molecule has 0 aliphatic carbocycles. The molecule has 0 atom stereocenters. The highest BCUT2D eigenvalue weighted by Gasteiger charge is 2.44. The molecule has 2 nitrogen and oxygen atoms in total. The summed E-state index contributed by atoms with van der Waals surface area (Å²) in [7, 11) is -3.06. The molecule has 12 heavy (non-hydrogen) atoms. The fourth-order valence-electron chi connectivity index (χ4n) is 1.01. The van der Waals surface area contributed by atoms with Gasteiger partial charge in [0.15, 0.2) is 0 Å². The summed E-state index contributed by atoms with van der Waals surface area (Å²) in [5, 5.41) is -1.02. The van der Waals surface area contributed by atoms with Crippen molar-refractivity contribution in [2.24, 2.45) is 0 Å². The van der Waals surface area contributed by atoms with Gasteiger partial charge in [-0.25, -0.2) is 0 Å². The van der Waals surface area contributed by atoms with E-state index in [2.05, 4.69) is 0 Å². The van der Waals surface area contributed by atoms with Crippen molar-refractivity contribution in [3.8, 4) is 0 Å². The van der Waals surface area contributed by atoms with E-state index in [4.69, 9.17) is 0 Å². The van der Waals surface area contributed by atoms with Crippen molar-refractivity contribution in [1.82, 2.24) is 0 Å². The fourth-order valence-corrected chi connectivity index (χ4v) is 3.02. The standard InChI is InChI=1S/C8H19O2P.BrH/c1-7(2,3)11(9,10)8(4,5)6;/h1-6H3,(H,9,10);1H. The third kappa shape index (κ3) is 2.86. The maximum absolute atomic E-state index is 11.8.